The van der Waals surface area contributed by atoms with Crippen LogP contribution in [-0.4, -0.2) is 55.0 Å². The Morgan fingerprint density at radius 3 is 2.34 bits per heavy atom. The van der Waals surface area contributed by atoms with E-state index in [1.54, 1.807) is 18.4 Å². The van der Waals surface area contributed by atoms with Crippen molar-refractivity contribution in [1.82, 2.24) is 15.1 Å². The van der Waals surface area contributed by atoms with E-state index in [-0.39, 0.29) is 18.0 Å². The number of rotatable bonds is 8. The molecule has 2 aromatic carbocycles. The second-order valence-electron chi connectivity index (χ2n) is 8.25. The molecule has 1 amide bonds. The Morgan fingerprint density at radius 2 is 1.72 bits per heavy atom. The summed E-state index contributed by atoms with van der Waals surface area (Å²) in [6.45, 7) is 7.12. The van der Waals surface area contributed by atoms with Gasteiger partial charge in [-0.15, -0.1) is 11.3 Å². The summed E-state index contributed by atoms with van der Waals surface area (Å²) in [6, 6.07) is 22.3. The topological polar surface area (TPSA) is 44.8 Å². The minimum atomic E-state index is -0.0515. The van der Waals surface area contributed by atoms with Crippen LogP contribution in [0.2, 0.25) is 0 Å². The summed E-state index contributed by atoms with van der Waals surface area (Å²) in [4.78, 5) is 19.2. The summed E-state index contributed by atoms with van der Waals surface area (Å²) in [7, 11) is 1.63. The van der Waals surface area contributed by atoms with E-state index in [2.05, 4.69) is 69.9 Å². The number of hydrogen-bond acceptors (Lipinski definition) is 5. The fourth-order valence-corrected chi connectivity index (χ4v) is 5.32. The number of nitrogens with zero attached hydrogens (tertiary/aromatic N) is 2. The molecule has 2 atom stereocenters. The smallest absolute Gasteiger partial charge is 0.251 e. The molecule has 168 valence electrons. The SMILES string of the molecule is COc1ccc(C(=O)N[C@H](C)[C@H](c2cccs2)N2CCN(Cc3ccccc3)CC2)cc1. The Labute approximate surface area is 194 Å². The Hall–Kier alpha value is -2.67. The molecule has 0 bridgehead atoms. The van der Waals surface area contributed by atoms with E-state index < -0.39 is 0 Å². The molecule has 0 saturated carbocycles. The van der Waals surface area contributed by atoms with E-state index >= 15 is 0 Å². The zero-order valence-electron chi connectivity index (χ0n) is 18.7. The standard InChI is InChI=1S/C26H31N3O2S/c1-20(27-26(30)22-10-12-23(31-2)13-11-22)25(24-9-6-18-32-24)29-16-14-28(15-17-29)19-21-7-4-3-5-8-21/h3-13,18,20,25H,14-17,19H2,1-2H3,(H,27,30)/t20-,25-/m1/s1. The van der Waals surface area contributed by atoms with Crippen molar-refractivity contribution in [2.75, 3.05) is 33.3 Å². The van der Waals surface area contributed by atoms with Gasteiger partial charge in [-0.3, -0.25) is 14.6 Å². The lowest BCUT2D eigenvalue weighted by Crippen LogP contribution is -2.52. The van der Waals surface area contributed by atoms with Gasteiger partial charge in [0.05, 0.1) is 13.2 Å². The van der Waals surface area contributed by atoms with Gasteiger partial charge in [-0.05, 0) is 48.2 Å². The van der Waals surface area contributed by atoms with Gasteiger partial charge in [0.15, 0.2) is 0 Å². The van der Waals surface area contributed by atoms with Crippen molar-refractivity contribution in [1.29, 1.82) is 0 Å². The lowest BCUT2D eigenvalue weighted by atomic mass is 10.0. The highest BCUT2D eigenvalue weighted by molar-refractivity contribution is 7.10. The number of amides is 1. The van der Waals surface area contributed by atoms with E-state index in [0.29, 0.717) is 5.56 Å². The second-order valence-corrected chi connectivity index (χ2v) is 9.23. The van der Waals surface area contributed by atoms with Crippen LogP contribution in [0.3, 0.4) is 0 Å². The Kier molecular flexibility index (Phi) is 7.58. The minimum Gasteiger partial charge on any atom is -0.497 e. The average Bonchev–Trinajstić information content (AvgIpc) is 3.35. The van der Waals surface area contributed by atoms with Gasteiger partial charge in [0, 0.05) is 49.2 Å². The molecular formula is C26H31N3O2S. The normalized spacial score (nSPS) is 16.9. The first-order chi connectivity index (χ1) is 15.6. The molecule has 1 N–H and O–H groups in total. The van der Waals surface area contributed by atoms with Crippen LogP contribution < -0.4 is 10.1 Å². The largest absolute Gasteiger partial charge is 0.497 e. The van der Waals surface area contributed by atoms with Crippen LogP contribution in [0.1, 0.15) is 33.8 Å². The molecule has 4 rings (SSSR count). The van der Waals surface area contributed by atoms with Crippen molar-refractivity contribution < 1.29 is 9.53 Å². The third-order valence-electron chi connectivity index (χ3n) is 6.07. The van der Waals surface area contributed by atoms with E-state index in [9.17, 15) is 4.79 Å². The third-order valence-corrected chi connectivity index (χ3v) is 7.01. The Bertz CT molecular complexity index is 968. The van der Waals surface area contributed by atoms with Crippen molar-refractivity contribution in [2.24, 2.45) is 0 Å². The zero-order valence-corrected chi connectivity index (χ0v) is 19.6. The van der Waals surface area contributed by atoms with Crippen LogP contribution >= 0.6 is 11.3 Å². The number of methoxy groups -OCH3 is 1. The molecule has 32 heavy (non-hydrogen) atoms. The van der Waals surface area contributed by atoms with E-state index in [0.717, 1.165) is 38.5 Å². The van der Waals surface area contributed by atoms with Crippen LogP contribution in [0.4, 0.5) is 0 Å². The monoisotopic (exact) mass is 449 g/mol. The molecule has 0 radical (unpaired) electrons. The summed E-state index contributed by atoms with van der Waals surface area (Å²) in [6.07, 6.45) is 0. The fourth-order valence-electron chi connectivity index (χ4n) is 4.35. The molecular weight excluding hydrogens is 418 g/mol. The number of benzene rings is 2. The fraction of sp³-hybridized carbons (Fsp3) is 0.346. The first-order valence-corrected chi connectivity index (χ1v) is 12.0. The zero-order chi connectivity index (χ0) is 22.3. The van der Waals surface area contributed by atoms with Gasteiger partial charge in [0.25, 0.3) is 5.91 Å². The molecule has 1 aliphatic heterocycles. The summed E-state index contributed by atoms with van der Waals surface area (Å²) in [5.41, 5.74) is 2.01. The van der Waals surface area contributed by atoms with E-state index in [4.69, 9.17) is 4.74 Å². The van der Waals surface area contributed by atoms with Crippen LogP contribution in [0.5, 0.6) is 5.75 Å². The highest BCUT2D eigenvalue weighted by Crippen LogP contribution is 2.30. The third kappa shape index (κ3) is 5.57. The summed E-state index contributed by atoms with van der Waals surface area (Å²) >= 11 is 1.76. The molecule has 0 spiro atoms. The van der Waals surface area contributed by atoms with Gasteiger partial charge in [0.2, 0.25) is 0 Å². The Balaban J connectivity index is 1.40. The number of hydrogen-bond donors (Lipinski definition) is 1. The van der Waals surface area contributed by atoms with Gasteiger partial charge in [0.1, 0.15) is 5.75 Å². The number of ether oxygens (including phenoxy) is 1. The molecule has 6 heteroatoms. The van der Waals surface area contributed by atoms with Crippen molar-refractivity contribution in [3.8, 4) is 5.75 Å². The summed E-state index contributed by atoms with van der Waals surface area (Å²) < 4.78 is 5.20. The summed E-state index contributed by atoms with van der Waals surface area (Å²) in [5, 5.41) is 5.36. The second kappa shape index (κ2) is 10.8. The molecule has 3 aromatic rings. The van der Waals surface area contributed by atoms with Gasteiger partial charge in [-0.1, -0.05) is 36.4 Å². The molecule has 2 heterocycles. The molecule has 0 unspecified atom stereocenters. The van der Waals surface area contributed by atoms with Crippen molar-refractivity contribution in [3.63, 3.8) is 0 Å². The van der Waals surface area contributed by atoms with Crippen LogP contribution in [-0.2, 0) is 6.54 Å². The highest BCUT2D eigenvalue weighted by atomic mass is 32.1. The predicted molar refractivity (Wildman–Crippen MR) is 130 cm³/mol. The molecule has 5 nitrogen and oxygen atoms in total. The van der Waals surface area contributed by atoms with Crippen molar-refractivity contribution >= 4 is 17.2 Å². The Morgan fingerprint density at radius 1 is 1.00 bits per heavy atom. The lowest BCUT2D eigenvalue weighted by Gasteiger charge is -2.41. The number of piperazine rings is 1. The van der Waals surface area contributed by atoms with E-state index in [1.807, 2.05) is 24.3 Å². The molecule has 1 aromatic heterocycles. The maximum absolute atomic E-state index is 12.9. The minimum absolute atomic E-state index is 0.0103. The van der Waals surface area contributed by atoms with Gasteiger partial charge in [-0.2, -0.15) is 0 Å². The van der Waals surface area contributed by atoms with Gasteiger partial charge in [-0.25, -0.2) is 0 Å². The maximum Gasteiger partial charge on any atom is 0.251 e. The lowest BCUT2D eigenvalue weighted by molar-refractivity contribution is 0.0714. The molecule has 1 fully saturated rings. The van der Waals surface area contributed by atoms with E-state index in [1.165, 1.54) is 10.4 Å². The van der Waals surface area contributed by atoms with Crippen LogP contribution in [0.15, 0.2) is 72.1 Å². The van der Waals surface area contributed by atoms with Gasteiger partial charge < -0.3 is 10.1 Å². The number of thiophene rings is 1. The summed E-state index contributed by atoms with van der Waals surface area (Å²) in [5.74, 6) is 0.698. The van der Waals surface area contributed by atoms with Crippen LogP contribution in [0.25, 0.3) is 0 Å². The van der Waals surface area contributed by atoms with Gasteiger partial charge >= 0.3 is 0 Å². The number of carbonyl (C=O) groups is 1. The van der Waals surface area contributed by atoms with Crippen molar-refractivity contribution in [3.05, 3.63) is 88.1 Å². The van der Waals surface area contributed by atoms with Crippen LogP contribution in [0, 0.1) is 0 Å². The maximum atomic E-state index is 12.9. The highest BCUT2D eigenvalue weighted by Gasteiger charge is 2.31. The predicted octanol–water partition coefficient (Wildman–Crippen LogP) is 4.43. The number of carbonyl (C=O) groups excluding carboxylic acids is 1. The average molecular weight is 450 g/mol. The molecule has 1 saturated heterocycles. The van der Waals surface area contributed by atoms with Crippen molar-refractivity contribution in [2.45, 2.75) is 25.6 Å². The molecule has 0 aliphatic carbocycles. The number of nitrogens with one attached hydrogen (secondary N) is 1. The first-order valence-electron chi connectivity index (χ1n) is 11.1. The molecule has 1 aliphatic rings. The first kappa shape index (κ1) is 22.5. The quantitative estimate of drug-likeness (QED) is 0.552.